The largest absolute Gasteiger partial charge is 0.375 e. The molecule has 0 saturated carbocycles. The first kappa shape index (κ1) is 18.8. The van der Waals surface area contributed by atoms with Crippen LogP contribution in [-0.2, 0) is 20.7 Å². The molecular formula is C20H27FN2O3. The van der Waals surface area contributed by atoms with E-state index >= 15 is 0 Å². The van der Waals surface area contributed by atoms with Crippen molar-refractivity contribution in [3.63, 3.8) is 0 Å². The first-order valence-electron chi connectivity index (χ1n) is 9.38. The molecule has 2 aliphatic heterocycles. The van der Waals surface area contributed by atoms with E-state index in [1.807, 2.05) is 18.7 Å². The first-order valence-corrected chi connectivity index (χ1v) is 9.38. The van der Waals surface area contributed by atoms with Gasteiger partial charge in [0.1, 0.15) is 5.82 Å². The van der Waals surface area contributed by atoms with E-state index in [9.17, 15) is 14.0 Å². The van der Waals surface area contributed by atoms with Crippen LogP contribution in [0.15, 0.2) is 24.3 Å². The Morgan fingerprint density at radius 1 is 1.19 bits per heavy atom. The zero-order chi connectivity index (χ0) is 18.7. The normalized spacial score (nSPS) is 26.7. The molecule has 2 amide bonds. The van der Waals surface area contributed by atoms with Gasteiger partial charge in [-0.1, -0.05) is 12.1 Å². The standard InChI is InChI=1S/C20H27FN2O3/c1-14-13-26-15(2)11-23(14)20(25)17-4-3-9-22(12-17)19(24)10-16-5-7-18(21)8-6-16/h5-8,14-15,17H,3-4,9-13H2,1-2H3. The lowest BCUT2D eigenvalue weighted by molar-refractivity contribution is -0.150. The topological polar surface area (TPSA) is 49.9 Å². The molecule has 1 aromatic carbocycles. The van der Waals surface area contributed by atoms with E-state index in [4.69, 9.17) is 4.74 Å². The van der Waals surface area contributed by atoms with Gasteiger partial charge in [0, 0.05) is 19.6 Å². The summed E-state index contributed by atoms with van der Waals surface area (Å²) in [4.78, 5) is 29.3. The third-order valence-corrected chi connectivity index (χ3v) is 5.28. The van der Waals surface area contributed by atoms with E-state index in [2.05, 4.69) is 0 Å². The summed E-state index contributed by atoms with van der Waals surface area (Å²) in [7, 11) is 0. The highest BCUT2D eigenvalue weighted by molar-refractivity contribution is 5.82. The highest BCUT2D eigenvalue weighted by atomic mass is 19.1. The average molecular weight is 362 g/mol. The summed E-state index contributed by atoms with van der Waals surface area (Å²) >= 11 is 0. The van der Waals surface area contributed by atoms with Crippen LogP contribution in [0.2, 0.25) is 0 Å². The van der Waals surface area contributed by atoms with Crippen LogP contribution < -0.4 is 0 Å². The second-order valence-electron chi connectivity index (χ2n) is 7.47. The van der Waals surface area contributed by atoms with Gasteiger partial charge in [0.15, 0.2) is 0 Å². The fourth-order valence-corrected chi connectivity index (χ4v) is 3.74. The lowest BCUT2D eigenvalue weighted by Crippen LogP contribution is -2.54. The molecular weight excluding hydrogens is 335 g/mol. The van der Waals surface area contributed by atoms with E-state index in [1.165, 1.54) is 12.1 Å². The van der Waals surface area contributed by atoms with Crippen LogP contribution in [0.3, 0.4) is 0 Å². The molecule has 0 aliphatic carbocycles. The Labute approximate surface area is 154 Å². The maximum Gasteiger partial charge on any atom is 0.227 e. The third-order valence-electron chi connectivity index (χ3n) is 5.28. The summed E-state index contributed by atoms with van der Waals surface area (Å²) in [5.74, 6) is -0.322. The number of hydrogen-bond acceptors (Lipinski definition) is 3. The minimum atomic E-state index is -0.307. The van der Waals surface area contributed by atoms with Gasteiger partial charge in [-0.15, -0.1) is 0 Å². The molecule has 0 bridgehead atoms. The Kier molecular flexibility index (Phi) is 5.91. The average Bonchev–Trinajstić information content (AvgIpc) is 2.65. The highest BCUT2D eigenvalue weighted by Gasteiger charge is 2.35. The van der Waals surface area contributed by atoms with Crippen molar-refractivity contribution in [2.24, 2.45) is 5.92 Å². The fourth-order valence-electron chi connectivity index (χ4n) is 3.74. The summed E-state index contributed by atoms with van der Waals surface area (Å²) in [6.07, 6.45) is 1.94. The van der Waals surface area contributed by atoms with Gasteiger partial charge >= 0.3 is 0 Å². The van der Waals surface area contributed by atoms with Crippen LogP contribution in [0, 0.1) is 11.7 Å². The van der Waals surface area contributed by atoms with E-state index in [0.29, 0.717) is 26.2 Å². The van der Waals surface area contributed by atoms with Gasteiger partial charge < -0.3 is 14.5 Å². The SMILES string of the molecule is CC1CN(C(=O)C2CCCN(C(=O)Cc3ccc(F)cc3)C2)C(C)CO1. The van der Waals surface area contributed by atoms with Crippen LogP contribution in [0.25, 0.3) is 0 Å². The van der Waals surface area contributed by atoms with Gasteiger partial charge in [-0.25, -0.2) is 4.39 Å². The van der Waals surface area contributed by atoms with Crippen LogP contribution >= 0.6 is 0 Å². The molecule has 2 fully saturated rings. The number of rotatable bonds is 3. The Morgan fingerprint density at radius 3 is 2.65 bits per heavy atom. The number of likely N-dealkylation sites (tertiary alicyclic amines) is 1. The molecule has 2 heterocycles. The van der Waals surface area contributed by atoms with Gasteiger partial charge in [0.2, 0.25) is 11.8 Å². The van der Waals surface area contributed by atoms with E-state index in [-0.39, 0.29) is 42.1 Å². The molecule has 3 unspecified atom stereocenters. The van der Waals surface area contributed by atoms with Crippen molar-refractivity contribution >= 4 is 11.8 Å². The van der Waals surface area contributed by atoms with Gasteiger partial charge in [-0.05, 0) is 44.4 Å². The molecule has 0 spiro atoms. The fraction of sp³-hybridized carbons (Fsp3) is 0.600. The number of carbonyl (C=O) groups excluding carboxylic acids is 2. The molecule has 0 radical (unpaired) electrons. The lowest BCUT2D eigenvalue weighted by atomic mass is 9.95. The molecule has 6 heteroatoms. The van der Waals surface area contributed by atoms with Crippen molar-refractivity contribution in [3.8, 4) is 0 Å². The van der Waals surface area contributed by atoms with Gasteiger partial charge in [0.25, 0.3) is 0 Å². The second kappa shape index (κ2) is 8.16. The molecule has 3 atom stereocenters. The molecule has 0 aromatic heterocycles. The number of benzene rings is 1. The summed E-state index contributed by atoms with van der Waals surface area (Å²) in [5.41, 5.74) is 0.792. The first-order chi connectivity index (χ1) is 12.4. The number of morpholine rings is 1. The molecule has 2 aliphatic rings. The number of amides is 2. The minimum absolute atomic E-state index is 0.00231. The molecule has 5 nitrogen and oxygen atoms in total. The zero-order valence-corrected chi connectivity index (χ0v) is 15.5. The third kappa shape index (κ3) is 4.41. The van der Waals surface area contributed by atoms with E-state index in [0.717, 1.165) is 18.4 Å². The predicted molar refractivity (Wildman–Crippen MR) is 96.0 cm³/mol. The van der Waals surface area contributed by atoms with Crippen molar-refractivity contribution in [1.29, 1.82) is 0 Å². The maximum atomic E-state index is 13.0. The molecule has 142 valence electrons. The number of ether oxygens (including phenoxy) is 1. The van der Waals surface area contributed by atoms with Crippen molar-refractivity contribution in [3.05, 3.63) is 35.6 Å². The highest BCUT2D eigenvalue weighted by Crippen LogP contribution is 2.23. The van der Waals surface area contributed by atoms with Crippen molar-refractivity contribution in [1.82, 2.24) is 9.80 Å². The van der Waals surface area contributed by atoms with Crippen molar-refractivity contribution < 1.29 is 18.7 Å². The Bertz CT molecular complexity index is 649. The van der Waals surface area contributed by atoms with Crippen LogP contribution in [0.1, 0.15) is 32.3 Å². The smallest absolute Gasteiger partial charge is 0.227 e. The maximum absolute atomic E-state index is 13.0. The minimum Gasteiger partial charge on any atom is -0.375 e. The second-order valence-corrected chi connectivity index (χ2v) is 7.47. The quantitative estimate of drug-likeness (QED) is 0.829. The van der Waals surface area contributed by atoms with Gasteiger partial charge in [0.05, 0.1) is 31.1 Å². The van der Waals surface area contributed by atoms with E-state index in [1.54, 1.807) is 17.0 Å². The van der Waals surface area contributed by atoms with Crippen molar-refractivity contribution in [2.45, 2.75) is 45.3 Å². The number of nitrogens with zero attached hydrogens (tertiary/aromatic N) is 2. The Hall–Kier alpha value is -1.95. The number of hydrogen-bond donors (Lipinski definition) is 0. The molecule has 26 heavy (non-hydrogen) atoms. The Morgan fingerprint density at radius 2 is 1.92 bits per heavy atom. The molecule has 1 aromatic rings. The Balaban J connectivity index is 1.60. The molecule has 0 N–H and O–H groups in total. The van der Waals surface area contributed by atoms with Gasteiger partial charge in [-0.3, -0.25) is 9.59 Å². The summed E-state index contributed by atoms with van der Waals surface area (Å²) in [5, 5.41) is 0. The summed E-state index contributed by atoms with van der Waals surface area (Å²) in [6, 6.07) is 6.08. The van der Waals surface area contributed by atoms with E-state index < -0.39 is 0 Å². The van der Waals surface area contributed by atoms with Gasteiger partial charge in [-0.2, -0.15) is 0 Å². The number of halogens is 1. The number of carbonyl (C=O) groups is 2. The molecule has 2 saturated heterocycles. The van der Waals surface area contributed by atoms with Crippen LogP contribution in [0.5, 0.6) is 0 Å². The zero-order valence-electron chi connectivity index (χ0n) is 15.5. The summed E-state index contributed by atoms with van der Waals surface area (Å²) < 4.78 is 18.6. The molecule has 3 rings (SSSR count). The predicted octanol–water partition coefficient (Wildman–Crippen LogP) is 2.24. The van der Waals surface area contributed by atoms with Crippen molar-refractivity contribution in [2.75, 3.05) is 26.2 Å². The number of piperidine rings is 1. The monoisotopic (exact) mass is 362 g/mol. The van der Waals surface area contributed by atoms with Crippen LogP contribution in [0.4, 0.5) is 4.39 Å². The van der Waals surface area contributed by atoms with Crippen LogP contribution in [-0.4, -0.2) is 60.0 Å². The summed E-state index contributed by atoms with van der Waals surface area (Å²) in [6.45, 7) is 6.30. The lowest BCUT2D eigenvalue weighted by Gasteiger charge is -2.41.